The lowest BCUT2D eigenvalue weighted by atomic mass is 9.98. The number of hydrogen-bond acceptors (Lipinski definition) is 3. The SMILES string of the molecule is CCN1CCC(N(C)C(CN)c2ccc(F)c(F)c2)CC1. The summed E-state index contributed by atoms with van der Waals surface area (Å²) in [6, 6.07) is 4.45. The molecule has 1 heterocycles. The number of halogens is 2. The maximum Gasteiger partial charge on any atom is 0.159 e. The van der Waals surface area contributed by atoms with Crippen LogP contribution < -0.4 is 5.73 Å². The van der Waals surface area contributed by atoms with Crippen molar-refractivity contribution < 1.29 is 8.78 Å². The van der Waals surface area contributed by atoms with Crippen molar-refractivity contribution in [2.75, 3.05) is 33.2 Å². The summed E-state index contributed by atoms with van der Waals surface area (Å²) in [4.78, 5) is 4.65. The molecule has 1 fully saturated rings. The highest BCUT2D eigenvalue weighted by atomic mass is 19.2. The number of hydrogen-bond donors (Lipinski definition) is 1. The highest BCUT2D eigenvalue weighted by Crippen LogP contribution is 2.26. The summed E-state index contributed by atoms with van der Waals surface area (Å²) in [6.07, 6.45) is 2.18. The maximum absolute atomic E-state index is 13.4. The zero-order valence-corrected chi connectivity index (χ0v) is 12.9. The average Bonchev–Trinajstić information content (AvgIpc) is 2.51. The summed E-state index contributed by atoms with van der Waals surface area (Å²) in [5.41, 5.74) is 6.63. The Morgan fingerprint density at radius 3 is 2.48 bits per heavy atom. The van der Waals surface area contributed by atoms with Crippen molar-refractivity contribution in [2.45, 2.75) is 31.8 Å². The highest BCUT2D eigenvalue weighted by Gasteiger charge is 2.27. The summed E-state index contributed by atoms with van der Waals surface area (Å²) in [5.74, 6) is -1.62. The van der Waals surface area contributed by atoms with Crippen LogP contribution in [-0.2, 0) is 0 Å². The predicted molar refractivity (Wildman–Crippen MR) is 81.1 cm³/mol. The first-order valence-electron chi connectivity index (χ1n) is 7.66. The monoisotopic (exact) mass is 297 g/mol. The minimum absolute atomic E-state index is 0.0710. The van der Waals surface area contributed by atoms with Crippen LogP contribution >= 0.6 is 0 Å². The standard InChI is InChI=1S/C16H25F2N3/c1-3-21-8-6-13(7-9-21)20(2)16(11-19)12-4-5-14(17)15(18)10-12/h4-5,10,13,16H,3,6-9,11,19H2,1-2H3. The van der Waals surface area contributed by atoms with Gasteiger partial charge in [0.25, 0.3) is 0 Å². The van der Waals surface area contributed by atoms with Crippen molar-refractivity contribution in [3.05, 3.63) is 35.4 Å². The van der Waals surface area contributed by atoms with Crippen LogP contribution in [0, 0.1) is 11.6 Å². The number of piperidine rings is 1. The third-order valence-electron chi connectivity index (χ3n) is 4.62. The van der Waals surface area contributed by atoms with Gasteiger partial charge >= 0.3 is 0 Å². The molecule has 1 unspecified atom stereocenters. The van der Waals surface area contributed by atoms with E-state index in [0.717, 1.165) is 38.0 Å². The van der Waals surface area contributed by atoms with E-state index in [4.69, 9.17) is 5.73 Å². The Kier molecular flexibility index (Phi) is 5.67. The molecule has 0 amide bonds. The van der Waals surface area contributed by atoms with Gasteiger partial charge in [-0.25, -0.2) is 8.78 Å². The number of likely N-dealkylation sites (tertiary alicyclic amines) is 1. The molecule has 5 heteroatoms. The van der Waals surface area contributed by atoms with Gasteiger partial charge in [0, 0.05) is 18.6 Å². The zero-order chi connectivity index (χ0) is 15.4. The Labute approximate surface area is 125 Å². The number of benzene rings is 1. The van der Waals surface area contributed by atoms with Crippen molar-refractivity contribution in [1.29, 1.82) is 0 Å². The maximum atomic E-state index is 13.4. The van der Waals surface area contributed by atoms with Crippen LogP contribution in [0.25, 0.3) is 0 Å². The first kappa shape index (κ1) is 16.3. The number of likely N-dealkylation sites (N-methyl/N-ethyl adjacent to an activating group) is 1. The van der Waals surface area contributed by atoms with Gasteiger partial charge in [0.05, 0.1) is 0 Å². The minimum atomic E-state index is -0.812. The van der Waals surface area contributed by atoms with Gasteiger partial charge in [-0.3, -0.25) is 4.90 Å². The van der Waals surface area contributed by atoms with Crippen molar-refractivity contribution in [1.82, 2.24) is 9.80 Å². The minimum Gasteiger partial charge on any atom is -0.329 e. The summed E-state index contributed by atoms with van der Waals surface area (Å²) in [5, 5.41) is 0. The van der Waals surface area contributed by atoms with Gasteiger partial charge in [0.2, 0.25) is 0 Å². The first-order valence-corrected chi connectivity index (χ1v) is 7.66. The van der Waals surface area contributed by atoms with Gasteiger partial charge in [0.15, 0.2) is 11.6 Å². The normalized spacial score (nSPS) is 19.1. The molecular formula is C16H25F2N3. The van der Waals surface area contributed by atoms with E-state index >= 15 is 0 Å². The molecule has 1 aromatic carbocycles. The molecule has 0 saturated carbocycles. The largest absolute Gasteiger partial charge is 0.329 e. The van der Waals surface area contributed by atoms with E-state index in [0.29, 0.717) is 12.6 Å². The Morgan fingerprint density at radius 2 is 1.95 bits per heavy atom. The number of nitrogens with two attached hydrogens (primary N) is 1. The van der Waals surface area contributed by atoms with Gasteiger partial charge in [-0.15, -0.1) is 0 Å². The van der Waals surface area contributed by atoms with E-state index in [2.05, 4.69) is 16.7 Å². The first-order chi connectivity index (χ1) is 10.1. The molecule has 0 radical (unpaired) electrons. The molecule has 1 aliphatic rings. The molecule has 1 atom stereocenters. The van der Waals surface area contributed by atoms with E-state index in [1.54, 1.807) is 6.07 Å². The van der Waals surface area contributed by atoms with Crippen molar-refractivity contribution in [2.24, 2.45) is 5.73 Å². The molecule has 1 saturated heterocycles. The average molecular weight is 297 g/mol. The molecule has 0 spiro atoms. The van der Waals surface area contributed by atoms with E-state index in [1.165, 1.54) is 12.1 Å². The Hall–Kier alpha value is -1.04. The second kappa shape index (κ2) is 7.29. The van der Waals surface area contributed by atoms with Gasteiger partial charge in [-0.05, 0) is 57.2 Å². The molecule has 1 aromatic rings. The topological polar surface area (TPSA) is 32.5 Å². The Bertz CT molecular complexity index is 459. The molecule has 2 rings (SSSR count). The summed E-state index contributed by atoms with van der Waals surface area (Å²) in [6.45, 7) is 5.82. The van der Waals surface area contributed by atoms with Gasteiger partial charge in [-0.2, -0.15) is 0 Å². The van der Waals surface area contributed by atoms with Crippen LogP contribution in [0.4, 0.5) is 8.78 Å². The lowest BCUT2D eigenvalue weighted by Crippen LogP contribution is -2.45. The van der Waals surface area contributed by atoms with Gasteiger partial charge in [-0.1, -0.05) is 13.0 Å². The second-order valence-electron chi connectivity index (χ2n) is 5.76. The van der Waals surface area contributed by atoms with Crippen LogP contribution in [0.3, 0.4) is 0 Å². The van der Waals surface area contributed by atoms with E-state index in [9.17, 15) is 8.78 Å². The molecule has 0 bridgehead atoms. The van der Waals surface area contributed by atoms with E-state index in [1.807, 2.05) is 7.05 Å². The van der Waals surface area contributed by atoms with E-state index in [-0.39, 0.29) is 6.04 Å². The van der Waals surface area contributed by atoms with Crippen molar-refractivity contribution in [3.8, 4) is 0 Å². The van der Waals surface area contributed by atoms with Crippen LogP contribution in [-0.4, -0.2) is 49.1 Å². The summed E-state index contributed by atoms with van der Waals surface area (Å²) >= 11 is 0. The molecule has 1 aliphatic heterocycles. The third kappa shape index (κ3) is 3.78. The predicted octanol–water partition coefficient (Wildman–Crippen LogP) is 2.38. The van der Waals surface area contributed by atoms with Crippen LogP contribution in [0.1, 0.15) is 31.4 Å². The molecule has 118 valence electrons. The summed E-state index contributed by atoms with van der Waals surface area (Å²) < 4.78 is 26.5. The lowest BCUT2D eigenvalue weighted by molar-refractivity contribution is 0.101. The van der Waals surface area contributed by atoms with Crippen molar-refractivity contribution in [3.63, 3.8) is 0 Å². The molecule has 21 heavy (non-hydrogen) atoms. The fourth-order valence-electron chi connectivity index (χ4n) is 3.15. The second-order valence-corrected chi connectivity index (χ2v) is 5.76. The highest BCUT2D eigenvalue weighted by molar-refractivity contribution is 5.22. The lowest BCUT2D eigenvalue weighted by Gasteiger charge is -2.40. The van der Waals surface area contributed by atoms with Gasteiger partial charge < -0.3 is 10.6 Å². The zero-order valence-electron chi connectivity index (χ0n) is 12.9. The fraction of sp³-hybridized carbons (Fsp3) is 0.625. The number of nitrogens with zero attached hydrogens (tertiary/aromatic N) is 2. The van der Waals surface area contributed by atoms with Crippen LogP contribution in [0.2, 0.25) is 0 Å². The number of rotatable bonds is 5. The summed E-state index contributed by atoms with van der Waals surface area (Å²) in [7, 11) is 2.03. The quantitative estimate of drug-likeness (QED) is 0.906. The fourth-order valence-corrected chi connectivity index (χ4v) is 3.15. The van der Waals surface area contributed by atoms with E-state index < -0.39 is 11.6 Å². The Balaban J connectivity index is 2.08. The molecule has 3 nitrogen and oxygen atoms in total. The molecule has 0 aromatic heterocycles. The Morgan fingerprint density at radius 1 is 1.29 bits per heavy atom. The third-order valence-corrected chi connectivity index (χ3v) is 4.62. The van der Waals surface area contributed by atoms with Crippen molar-refractivity contribution >= 4 is 0 Å². The van der Waals surface area contributed by atoms with Crippen LogP contribution in [0.15, 0.2) is 18.2 Å². The van der Waals surface area contributed by atoms with Crippen LogP contribution in [0.5, 0.6) is 0 Å². The van der Waals surface area contributed by atoms with Gasteiger partial charge in [0.1, 0.15) is 0 Å². The molecular weight excluding hydrogens is 272 g/mol. The molecule has 2 N–H and O–H groups in total. The molecule has 0 aliphatic carbocycles. The smallest absolute Gasteiger partial charge is 0.159 e.